The molecule has 3 aliphatic rings. The van der Waals surface area contributed by atoms with Gasteiger partial charge in [0.25, 0.3) is 5.56 Å². The number of pyridine rings is 1. The summed E-state index contributed by atoms with van der Waals surface area (Å²) in [5.41, 5.74) is 1.07. The van der Waals surface area contributed by atoms with Gasteiger partial charge in [-0.05, 0) is 55.2 Å². The van der Waals surface area contributed by atoms with Crippen molar-refractivity contribution in [3.63, 3.8) is 0 Å². The van der Waals surface area contributed by atoms with E-state index in [1.54, 1.807) is 6.07 Å². The highest BCUT2D eigenvalue weighted by atomic mass is 16.7. The first-order valence-electron chi connectivity index (χ1n) is 13.3. The van der Waals surface area contributed by atoms with Gasteiger partial charge in [0.05, 0.1) is 24.1 Å². The zero-order valence-electron chi connectivity index (χ0n) is 21.0. The van der Waals surface area contributed by atoms with E-state index >= 15 is 0 Å². The number of carbonyl (C=O) groups excluding carboxylic acids is 1. The van der Waals surface area contributed by atoms with E-state index in [0.29, 0.717) is 60.9 Å². The molecule has 1 N–H and O–H groups in total. The van der Waals surface area contributed by atoms with Crippen molar-refractivity contribution in [3.8, 4) is 11.5 Å². The lowest BCUT2D eigenvalue weighted by molar-refractivity contribution is -0.149. The van der Waals surface area contributed by atoms with E-state index in [1.165, 1.54) is 6.42 Å². The molecular weight excluding hydrogens is 476 g/mol. The van der Waals surface area contributed by atoms with Crippen molar-refractivity contribution in [2.45, 2.75) is 64.0 Å². The van der Waals surface area contributed by atoms with Gasteiger partial charge in [0.1, 0.15) is 6.04 Å². The van der Waals surface area contributed by atoms with Gasteiger partial charge in [-0.25, -0.2) is 4.68 Å². The van der Waals surface area contributed by atoms with Crippen molar-refractivity contribution in [3.05, 3.63) is 39.9 Å². The number of nitrogens with one attached hydrogen (secondary N) is 1. The minimum absolute atomic E-state index is 0.138. The maximum absolute atomic E-state index is 13.6. The maximum Gasteiger partial charge on any atom is 0.309 e. The minimum Gasteiger partial charge on any atom is -0.466 e. The van der Waals surface area contributed by atoms with E-state index < -0.39 is 6.04 Å². The van der Waals surface area contributed by atoms with Crippen LogP contribution in [0.1, 0.15) is 75.3 Å². The number of tetrazole rings is 1. The highest BCUT2D eigenvalue weighted by Gasteiger charge is 2.36. The molecule has 2 aromatic heterocycles. The third-order valence-corrected chi connectivity index (χ3v) is 7.86. The summed E-state index contributed by atoms with van der Waals surface area (Å²) in [6.07, 6.45) is 6.86. The Morgan fingerprint density at radius 2 is 1.86 bits per heavy atom. The predicted molar refractivity (Wildman–Crippen MR) is 133 cm³/mol. The summed E-state index contributed by atoms with van der Waals surface area (Å²) >= 11 is 0. The Kier molecular flexibility index (Phi) is 6.54. The van der Waals surface area contributed by atoms with Crippen molar-refractivity contribution >= 4 is 16.9 Å². The van der Waals surface area contributed by atoms with Gasteiger partial charge < -0.3 is 19.2 Å². The van der Waals surface area contributed by atoms with E-state index in [9.17, 15) is 9.59 Å². The first-order valence-corrected chi connectivity index (χ1v) is 13.3. The van der Waals surface area contributed by atoms with Gasteiger partial charge in [-0.2, -0.15) is 0 Å². The summed E-state index contributed by atoms with van der Waals surface area (Å²) in [7, 11) is 0. The molecule has 1 atom stereocenters. The van der Waals surface area contributed by atoms with Crippen LogP contribution in [0.2, 0.25) is 0 Å². The molecule has 2 fully saturated rings. The highest BCUT2D eigenvalue weighted by molar-refractivity contribution is 5.83. The number of nitrogens with zero attached hydrogens (tertiary/aromatic N) is 5. The molecule has 6 rings (SSSR count). The molecule has 0 radical (unpaired) electrons. The average molecular weight is 509 g/mol. The van der Waals surface area contributed by atoms with Crippen LogP contribution in [0.5, 0.6) is 11.5 Å². The van der Waals surface area contributed by atoms with Crippen LogP contribution < -0.4 is 15.0 Å². The summed E-state index contributed by atoms with van der Waals surface area (Å²) in [6, 6.07) is 5.38. The Hall–Kier alpha value is -3.47. The topological polar surface area (TPSA) is 124 Å². The first kappa shape index (κ1) is 23.9. The molecule has 37 heavy (non-hydrogen) atoms. The van der Waals surface area contributed by atoms with Crippen LogP contribution in [0.15, 0.2) is 23.0 Å². The Bertz CT molecular complexity index is 1340. The quantitative estimate of drug-likeness (QED) is 0.500. The van der Waals surface area contributed by atoms with Crippen LogP contribution >= 0.6 is 0 Å². The Morgan fingerprint density at radius 1 is 1.11 bits per heavy atom. The number of H-pyrrole nitrogens is 1. The van der Waals surface area contributed by atoms with Crippen LogP contribution in [0.25, 0.3) is 10.9 Å². The number of hydrogen-bond acceptors (Lipinski definition) is 9. The van der Waals surface area contributed by atoms with Crippen molar-refractivity contribution in [1.82, 2.24) is 30.1 Å². The zero-order chi connectivity index (χ0) is 25.4. The lowest BCUT2D eigenvalue weighted by Gasteiger charge is -2.36. The number of benzene rings is 1. The Balaban J connectivity index is 1.40. The number of fused-ring (bicyclic) bond motifs is 2. The van der Waals surface area contributed by atoms with E-state index in [4.69, 9.17) is 14.2 Å². The van der Waals surface area contributed by atoms with Crippen LogP contribution in [-0.2, 0) is 9.53 Å². The summed E-state index contributed by atoms with van der Waals surface area (Å²) in [6.45, 7) is 3.63. The molecule has 1 aromatic carbocycles. The van der Waals surface area contributed by atoms with Gasteiger partial charge in [-0.3, -0.25) is 14.5 Å². The summed E-state index contributed by atoms with van der Waals surface area (Å²) in [5, 5.41) is 13.8. The lowest BCUT2D eigenvalue weighted by atomic mass is 9.93. The van der Waals surface area contributed by atoms with Crippen molar-refractivity contribution in [2.75, 3.05) is 26.5 Å². The van der Waals surface area contributed by atoms with Gasteiger partial charge in [0.15, 0.2) is 17.3 Å². The molecule has 1 saturated heterocycles. The molecule has 196 valence electrons. The Morgan fingerprint density at radius 3 is 2.62 bits per heavy atom. The number of aromatic nitrogens is 5. The second-order valence-corrected chi connectivity index (χ2v) is 10.1. The second-order valence-electron chi connectivity index (χ2n) is 10.1. The molecule has 2 aliphatic heterocycles. The number of rotatable bonds is 6. The number of hydrogen-bond donors (Lipinski definition) is 1. The number of likely N-dealkylation sites (tertiary alicyclic amines) is 1. The van der Waals surface area contributed by atoms with Crippen molar-refractivity contribution < 1.29 is 19.0 Å². The minimum atomic E-state index is -0.446. The number of esters is 1. The second kappa shape index (κ2) is 10.1. The fourth-order valence-corrected chi connectivity index (χ4v) is 5.93. The van der Waals surface area contributed by atoms with Gasteiger partial charge in [-0.1, -0.05) is 19.3 Å². The van der Waals surface area contributed by atoms with E-state index in [1.807, 2.05) is 23.7 Å². The van der Waals surface area contributed by atoms with Gasteiger partial charge >= 0.3 is 5.97 Å². The molecule has 4 heterocycles. The SMILES string of the molecule is CCOC(=O)C1CCN([C@@H](c2cc3cc4c(cc3[nH]c2=O)OCO4)c2nnnn2C2CCCCC2)CC1. The Labute approximate surface area is 214 Å². The summed E-state index contributed by atoms with van der Waals surface area (Å²) in [4.78, 5) is 31.2. The summed E-state index contributed by atoms with van der Waals surface area (Å²) < 4.78 is 18.3. The largest absolute Gasteiger partial charge is 0.466 e. The molecule has 1 saturated carbocycles. The smallest absolute Gasteiger partial charge is 0.309 e. The standard InChI is InChI=1S/C26H32N6O5/c1-2-35-26(34)16-8-10-31(11-9-16)23(24-28-29-30-32(24)18-6-4-3-5-7-18)19-12-17-13-21-22(37-15-36-21)14-20(17)27-25(19)33/h12-14,16,18,23H,2-11,15H2,1H3,(H,27,33)/t23-/m0/s1. The third-order valence-electron chi connectivity index (χ3n) is 7.86. The van der Waals surface area contributed by atoms with Crippen LogP contribution in [0.4, 0.5) is 0 Å². The fraction of sp³-hybridized carbons (Fsp3) is 0.577. The molecule has 0 amide bonds. The van der Waals surface area contributed by atoms with Crippen LogP contribution in [0.3, 0.4) is 0 Å². The molecule has 0 unspecified atom stereocenters. The average Bonchev–Trinajstić information content (AvgIpc) is 3.58. The zero-order valence-corrected chi connectivity index (χ0v) is 21.0. The third kappa shape index (κ3) is 4.56. The monoisotopic (exact) mass is 508 g/mol. The van der Waals surface area contributed by atoms with Gasteiger partial charge in [0.2, 0.25) is 6.79 Å². The van der Waals surface area contributed by atoms with Crippen LogP contribution in [0, 0.1) is 5.92 Å². The first-order chi connectivity index (χ1) is 18.1. The van der Waals surface area contributed by atoms with Crippen LogP contribution in [-0.4, -0.2) is 62.5 Å². The normalized spacial score (nSPS) is 19.8. The molecule has 11 heteroatoms. The predicted octanol–water partition coefficient (Wildman–Crippen LogP) is 3.11. The molecule has 1 aliphatic carbocycles. The van der Waals surface area contributed by atoms with Gasteiger partial charge in [0, 0.05) is 30.1 Å². The number of piperidine rings is 1. The molecular formula is C26H32N6O5. The molecule has 11 nitrogen and oxygen atoms in total. The molecule has 3 aromatic rings. The van der Waals surface area contributed by atoms with E-state index in [2.05, 4.69) is 25.4 Å². The van der Waals surface area contributed by atoms with Crippen molar-refractivity contribution in [1.29, 1.82) is 0 Å². The number of ether oxygens (including phenoxy) is 3. The van der Waals surface area contributed by atoms with Crippen molar-refractivity contribution in [2.24, 2.45) is 5.92 Å². The highest BCUT2D eigenvalue weighted by Crippen LogP contribution is 2.38. The maximum atomic E-state index is 13.6. The molecule has 0 spiro atoms. The van der Waals surface area contributed by atoms with E-state index in [0.717, 1.165) is 31.1 Å². The van der Waals surface area contributed by atoms with E-state index in [-0.39, 0.29) is 30.3 Å². The summed E-state index contributed by atoms with van der Waals surface area (Å²) in [5.74, 6) is 1.66. The van der Waals surface area contributed by atoms with Gasteiger partial charge in [-0.15, -0.1) is 5.10 Å². The fourth-order valence-electron chi connectivity index (χ4n) is 5.93. The number of aromatic amines is 1. The lowest BCUT2D eigenvalue weighted by Crippen LogP contribution is -2.42. The molecule has 0 bridgehead atoms. The number of carbonyl (C=O) groups is 1.